The summed E-state index contributed by atoms with van der Waals surface area (Å²) < 4.78 is 25.8. The molecule has 0 spiro atoms. The van der Waals surface area contributed by atoms with E-state index >= 15 is 0 Å². The number of nitrogens with zero attached hydrogens (tertiary/aromatic N) is 3. The lowest BCUT2D eigenvalue weighted by Crippen LogP contribution is -2.23. The second kappa shape index (κ2) is 8.65. The highest BCUT2D eigenvalue weighted by molar-refractivity contribution is 7.99. The van der Waals surface area contributed by atoms with Gasteiger partial charge in [0.05, 0.1) is 10.6 Å². The standard InChI is InChI=1S/C16H23N5O3S2/c1-5-6-14-18-16(20-19-14)25-10-15(22)17-12-8-7-11(2)13(9-12)26(23,24)21(3)4/h7-9H,5-6,10H2,1-4H3,(H,17,22)(H,18,19,20). The number of nitrogens with one attached hydrogen (secondary N) is 2. The number of hydrogen-bond acceptors (Lipinski definition) is 6. The van der Waals surface area contributed by atoms with Crippen LogP contribution in [0.1, 0.15) is 24.7 Å². The molecule has 0 saturated carbocycles. The molecule has 8 nitrogen and oxygen atoms in total. The second-order valence-corrected chi connectivity index (χ2v) is 8.98. The highest BCUT2D eigenvalue weighted by Gasteiger charge is 2.20. The predicted octanol–water partition coefficient (Wildman–Crippen LogP) is 2.05. The van der Waals surface area contributed by atoms with Crippen molar-refractivity contribution in [3.05, 3.63) is 29.6 Å². The van der Waals surface area contributed by atoms with E-state index in [2.05, 4.69) is 27.4 Å². The summed E-state index contributed by atoms with van der Waals surface area (Å²) in [4.78, 5) is 16.6. The van der Waals surface area contributed by atoms with Gasteiger partial charge in [-0.05, 0) is 31.0 Å². The smallest absolute Gasteiger partial charge is 0.242 e. The number of aromatic amines is 1. The lowest BCUT2D eigenvalue weighted by molar-refractivity contribution is -0.113. The van der Waals surface area contributed by atoms with Crippen LogP contribution in [0.4, 0.5) is 5.69 Å². The van der Waals surface area contributed by atoms with Gasteiger partial charge in [-0.15, -0.1) is 5.10 Å². The van der Waals surface area contributed by atoms with E-state index in [1.165, 1.54) is 31.9 Å². The molecule has 0 aliphatic rings. The van der Waals surface area contributed by atoms with Crippen molar-refractivity contribution in [2.75, 3.05) is 25.2 Å². The lowest BCUT2D eigenvalue weighted by Gasteiger charge is -2.15. The Kier molecular flexibility index (Phi) is 6.79. The maximum absolute atomic E-state index is 12.3. The van der Waals surface area contributed by atoms with Crippen molar-refractivity contribution in [3.8, 4) is 0 Å². The van der Waals surface area contributed by atoms with E-state index < -0.39 is 10.0 Å². The zero-order valence-corrected chi connectivity index (χ0v) is 16.9. The molecule has 0 bridgehead atoms. The minimum atomic E-state index is -3.57. The first kappa shape index (κ1) is 20.4. The van der Waals surface area contributed by atoms with Crippen LogP contribution in [-0.2, 0) is 21.2 Å². The van der Waals surface area contributed by atoms with Crippen molar-refractivity contribution >= 4 is 33.4 Å². The van der Waals surface area contributed by atoms with Crippen molar-refractivity contribution in [3.63, 3.8) is 0 Å². The largest absolute Gasteiger partial charge is 0.325 e. The van der Waals surface area contributed by atoms with E-state index in [1.807, 2.05) is 0 Å². The fourth-order valence-electron chi connectivity index (χ4n) is 2.17. The van der Waals surface area contributed by atoms with E-state index in [4.69, 9.17) is 0 Å². The first-order valence-corrected chi connectivity index (χ1v) is 10.5. The van der Waals surface area contributed by atoms with Gasteiger partial charge in [-0.3, -0.25) is 9.89 Å². The van der Waals surface area contributed by atoms with Crippen molar-refractivity contribution in [1.82, 2.24) is 19.5 Å². The summed E-state index contributed by atoms with van der Waals surface area (Å²) in [6.45, 7) is 3.77. The van der Waals surface area contributed by atoms with Crippen LogP contribution in [0.25, 0.3) is 0 Å². The van der Waals surface area contributed by atoms with Crippen molar-refractivity contribution in [2.24, 2.45) is 0 Å². The quantitative estimate of drug-likeness (QED) is 0.660. The van der Waals surface area contributed by atoms with Gasteiger partial charge in [-0.2, -0.15) is 0 Å². The number of thioether (sulfide) groups is 1. The molecular weight excluding hydrogens is 374 g/mol. The molecule has 1 aromatic carbocycles. The minimum Gasteiger partial charge on any atom is -0.325 e. The highest BCUT2D eigenvalue weighted by atomic mass is 32.2. The number of rotatable bonds is 8. The molecular formula is C16H23N5O3S2. The number of carbonyl (C=O) groups excluding carboxylic acids is 1. The molecule has 10 heteroatoms. The molecule has 2 rings (SSSR count). The molecule has 2 aromatic rings. The molecule has 0 unspecified atom stereocenters. The summed E-state index contributed by atoms with van der Waals surface area (Å²) in [7, 11) is -0.626. The maximum Gasteiger partial charge on any atom is 0.242 e. The molecule has 142 valence electrons. The molecule has 1 heterocycles. The number of anilines is 1. The Morgan fingerprint density at radius 3 is 2.73 bits per heavy atom. The molecule has 0 fully saturated rings. The zero-order chi connectivity index (χ0) is 19.3. The van der Waals surface area contributed by atoms with E-state index in [0.717, 1.165) is 23.0 Å². The Labute approximate surface area is 157 Å². The third-order valence-corrected chi connectivity index (χ3v) is 6.37. The summed E-state index contributed by atoms with van der Waals surface area (Å²) in [6, 6.07) is 4.82. The van der Waals surface area contributed by atoms with Gasteiger partial charge in [0.2, 0.25) is 21.1 Å². The second-order valence-electron chi connectivity index (χ2n) is 5.92. The summed E-state index contributed by atoms with van der Waals surface area (Å²) in [5.74, 6) is 0.675. The maximum atomic E-state index is 12.3. The Morgan fingerprint density at radius 1 is 1.35 bits per heavy atom. The number of hydrogen-bond donors (Lipinski definition) is 2. The molecule has 1 amide bonds. The van der Waals surface area contributed by atoms with Crippen LogP contribution in [0.5, 0.6) is 0 Å². The van der Waals surface area contributed by atoms with Crippen LogP contribution < -0.4 is 5.32 Å². The molecule has 2 N–H and O–H groups in total. The number of carbonyl (C=O) groups is 1. The molecule has 0 atom stereocenters. The molecule has 0 radical (unpaired) electrons. The Hall–Kier alpha value is -1.91. The van der Waals surface area contributed by atoms with Crippen LogP contribution in [0.15, 0.2) is 28.3 Å². The van der Waals surface area contributed by atoms with Crippen molar-refractivity contribution in [2.45, 2.75) is 36.7 Å². The molecule has 26 heavy (non-hydrogen) atoms. The Bertz CT molecular complexity index is 878. The van der Waals surface area contributed by atoms with Gasteiger partial charge < -0.3 is 5.32 Å². The first-order valence-electron chi connectivity index (χ1n) is 8.11. The van der Waals surface area contributed by atoms with E-state index in [1.54, 1.807) is 19.1 Å². The van der Waals surface area contributed by atoms with Crippen molar-refractivity contribution < 1.29 is 13.2 Å². The third-order valence-electron chi connectivity index (χ3n) is 3.56. The average Bonchev–Trinajstić information content (AvgIpc) is 3.02. The normalized spacial score (nSPS) is 11.7. The van der Waals surface area contributed by atoms with Gasteiger partial charge in [0.1, 0.15) is 5.82 Å². The predicted molar refractivity (Wildman–Crippen MR) is 102 cm³/mol. The number of amides is 1. The van der Waals surface area contributed by atoms with Crippen LogP contribution in [0.2, 0.25) is 0 Å². The Morgan fingerprint density at radius 2 is 2.08 bits per heavy atom. The number of aryl methyl sites for hydroxylation is 2. The zero-order valence-electron chi connectivity index (χ0n) is 15.2. The number of H-pyrrole nitrogens is 1. The van der Waals surface area contributed by atoms with Gasteiger partial charge in [0.15, 0.2) is 0 Å². The Balaban J connectivity index is 2.02. The van der Waals surface area contributed by atoms with E-state index in [0.29, 0.717) is 16.4 Å². The van der Waals surface area contributed by atoms with Crippen LogP contribution in [-0.4, -0.2) is 53.7 Å². The topological polar surface area (TPSA) is 108 Å². The number of sulfonamides is 1. The van der Waals surface area contributed by atoms with Gasteiger partial charge >= 0.3 is 0 Å². The first-order chi connectivity index (χ1) is 12.2. The molecule has 0 aliphatic heterocycles. The van der Waals surface area contributed by atoms with Gasteiger partial charge in [0.25, 0.3) is 0 Å². The molecule has 0 saturated heterocycles. The van der Waals surface area contributed by atoms with Gasteiger partial charge in [0, 0.05) is 26.2 Å². The van der Waals surface area contributed by atoms with E-state index in [-0.39, 0.29) is 16.6 Å². The fourth-order valence-corrected chi connectivity index (χ4v) is 3.93. The number of aromatic nitrogens is 3. The number of benzene rings is 1. The summed E-state index contributed by atoms with van der Waals surface area (Å²) in [5.41, 5.74) is 1.05. The molecule has 0 aliphatic carbocycles. The van der Waals surface area contributed by atoms with Crippen LogP contribution >= 0.6 is 11.8 Å². The monoisotopic (exact) mass is 397 g/mol. The van der Waals surface area contributed by atoms with E-state index in [9.17, 15) is 13.2 Å². The summed E-state index contributed by atoms with van der Waals surface area (Å²) in [5, 5.41) is 10.1. The van der Waals surface area contributed by atoms with Crippen LogP contribution in [0, 0.1) is 6.92 Å². The average molecular weight is 398 g/mol. The lowest BCUT2D eigenvalue weighted by atomic mass is 10.2. The van der Waals surface area contributed by atoms with Gasteiger partial charge in [-0.1, -0.05) is 24.8 Å². The van der Waals surface area contributed by atoms with Crippen LogP contribution in [0.3, 0.4) is 0 Å². The molecule has 1 aromatic heterocycles. The summed E-state index contributed by atoms with van der Waals surface area (Å²) >= 11 is 1.22. The SMILES string of the molecule is CCCc1nc(SCC(=O)Nc2ccc(C)c(S(=O)(=O)N(C)C)c2)n[nH]1. The van der Waals surface area contributed by atoms with Crippen molar-refractivity contribution in [1.29, 1.82) is 0 Å². The third kappa shape index (κ3) is 5.05. The van der Waals surface area contributed by atoms with Gasteiger partial charge in [-0.25, -0.2) is 17.7 Å². The summed E-state index contributed by atoms with van der Waals surface area (Å²) in [6.07, 6.45) is 1.78. The minimum absolute atomic E-state index is 0.132. The highest BCUT2D eigenvalue weighted by Crippen LogP contribution is 2.23. The fraction of sp³-hybridized carbons (Fsp3) is 0.438.